The standard InChI is InChI=1S/C13H14N4O2/c1-9-10(14)3-2-4-11(9)16-12(18)7-17-8-15-6-5-13(17)19/h2-6,8H,7,14H2,1H3,(H,16,18). The molecule has 0 aliphatic rings. The third-order valence-electron chi connectivity index (χ3n) is 2.76. The van der Waals surface area contributed by atoms with E-state index in [0.717, 1.165) is 5.56 Å². The number of nitrogen functional groups attached to an aromatic ring is 1. The van der Waals surface area contributed by atoms with E-state index in [9.17, 15) is 9.59 Å². The Bertz CT molecular complexity index is 664. The lowest BCUT2D eigenvalue weighted by Gasteiger charge is -2.10. The summed E-state index contributed by atoms with van der Waals surface area (Å²) in [6.07, 6.45) is 2.72. The van der Waals surface area contributed by atoms with Crippen LogP contribution in [0.25, 0.3) is 0 Å². The summed E-state index contributed by atoms with van der Waals surface area (Å²) in [5.41, 5.74) is 7.54. The molecule has 2 aromatic rings. The lowest BCUT2D eigenvalue weighted by molar-refractivity contribution is -0.116. The minimum absolute atomic E-state index is 0.0824. The molecule has 0 bridgehead atoms. The highest BCUT2D eigenvalue weighted by molar-refractivity contribution is 5.92. The third-order valence-corrected chi connectivity index (χ3v) is 2.76. The van der Waals surface area contributed by atoms with Gasteiger partial charge in [0.2, 0.25) is 5.91 Å². The maximum Gasteiger partial charge on any atom is 0.253 e. The molecule has 1 aromatic carbocycles. The number of hydrogen-bond donors (Lipinski definition) is 2. The van der Waals surface area contributed by atoms with Crippen LogP contribution >= 0.6 is 0 Å². The number of carbonyl (C=O) groups excluding carboxylic acids is 1. The van der Waals surface area contributed by atoms with Crippen molar-refractivity contribution in [2.45, 2.75) is 13.5 Å². The SMILES string of the molecule is Cc1c(N)cccc1NC(=O)Cn1cnccc1=O. The van der Waals surface area contributed by atoms with Crippen LogP contribution in [0.3, 0.4) is 0 Å². The molecule has 1 heterocycles. The second-order valence-electron chi connectivity index (χ2n) is 4.11. The molecule has 0 radical (unpaired) electrons. The lowest BCUT2D eigenvalue weighted by Crippen LogP contribution is -2.27. The second-order valence-corrected chi connectivity index (χ2v) is 4.11. The minimum atomic E-state index is -0.302. The van der Waals surface area contributed by atoms with E-state index in [0.29, 0.717) is 11.4 Å². The van der Waals surface area contributed by atoms with Crippen molar-refractivity contribution in [1.29, 1.82) is 0 Å². The molecule has 0 saturated carbocycles. The van der Waals surface area contributed by atoms with Crippen molar-refractivity contribution in [3.63, 3.8) is 0 Å². The van der Waals surface area contributed by atoms with E-state index in [1.165, 1.54) is 23.2 Å². The third kappa shape index (κ3) is 2.98. The molecule has 0 aliphatic carbocycles. The van der Waals surface area contributed by atoms with Gasteiger partial charge in [-0.1, -0.05) is 6.07 Å². The van der Waals surface area contributed by atoms with Gasteiger partial charge >= 0.3 is 0 Å². The van der Waals surface area contributed by atoms with Crippen LogP contribution in [0.1, 0.15) is 5.56 Å². The molecule has 98 valence electrons. The van der Waals surface area contributed by atoms with E-state index in [1.807, 2.05) is 6.92 Å². The normalized spacial score (nSPS) is 10.2. The summed E-state index contributed by atoms with van der Waals surface area (Å²) in [5, 5.41) is 2.72. The zero-order chi connectivity index (χ0) is 13.8. The van der Waals surface area contributed by atoms with Gasteiger partial charge in [-0.2, -0.15) is 0 Å². The van der Waals surface area contributed by atoms with Crippen LogP contribution in [0.15, 0.2) is 41.6 Å². The van der Waals surface area contributed by atoms with Gasteiger partial charge in [0.1, 0.15) is 6.54 Å². The number of aromatic nitrogens is 2. The molecule has 0 fully saturated rings. The average molecular weight is 258 g/mol. The van der Waals surface area contributed by atoms with E-state index < -0.39 is 0 Å². The van der Waals surface area contributed by atoms with Crippen molar-refractivity contribution in [2.75, 3.05) is 11.1 Å². The van der Waals surface area contributed by atoms with Crippen molar-refractivity contribution in [1.82, 2.24) is 9.55 Å². The summed E-state index contributed by atoms with van der Waals surface area (Å²) >= 11 is 0. The molecular weight excluding hydrogens is 244 g/mol. The monoisotopic (exact) mass is 258 g/mol. The predicted octanol–water partition coefficient (Wildman–Crippen LogP) is 0.773. The molecule has 1 amide bonds. The Hall–Kier alpha value is -2.63. The van der Waals surface area contributed by atoms with Gasteiger partial charge < -0.3 is 11.1 Å². The van der Waals surface area contributed by atoms with Crippen molar-refractivity contribution >= 4 is 17.3 Å². The second kappa shape index (κ2) is 5.34. The number of carbonyl (C=O) groups is 1. The first-order valence-electron chi connectivity index (χ1n) is 5.73. The summed E-state index contributed by atoms with van der Waals surface area (Å²) < 4.78 is 1.23. The van der Waals surface area contributed by atoms with Gasteiger partial charge in [0.25, 0.3) is 5.56 Å². The van der Waals surface area contributed by atoms with E-state index in [1.54, 1.807) is 18.2 Å². The molecule has 0 atom stereocenters. The van der Waals surface area contributed by atoms with Crippen LogP contribution in [0.5, 0.6) is 0 Å². The lowest BCUT2D eigenvalue weighted by atomic mass is 10.1. The average Bonchev–Trinajstić information content (AvgIpc) is 2.38. The fraction of sp³-hybridized carbons (Fsp3) is 0.154. The molecule has 0 spiro atoms. The van der Waals surface area contributed by atoms with Gasteiger partial charge in [0.05, 0.1) is 6.33 Å². The molecule has 0 saturated heterocycles. The van der Waals surface area contributed by atoms with Gasteiger partial charge in [-0.25, -0.2) is 4.98 Å². The molecule has 3 N–H and O–H groups in total. The maximum absolute atomic E-state index is 11.9. The number of nitrogens with zero attached hydrogens (tertiary/aromatic N) is 2. The Morgan fingerprint density at radius 1 is 1.42 bits per heavy atom. The largest absolute Gasteiger partial charge is 0.398 e. The highest BCUT2D eigenvalue weighted by atomic mass is 16.2. The number of nitrogens with two attached hydrogens (primary N) is 1. The van der Waals surface area contributed by atoms with Crippen molar-refractivity contribution in [2.24, 2.45) is 0 Å². The zero-order valence-electron chi connectivity index (χ0n) is 10.5. The fourth-order valence-electron chi connectivity index (χ4n) is 1.63. The van der Waals surface area contributed by atoms with Crippen LogP contribution in [-0.4, -0.2) is 15.5 Å². The molecule has 1 aromatic heterocycles. The Balaban J connectivity index is 2.12. The molecule has 0 aliphatic heterocycles. The molecule has 2 rings (SSSR count). The van der Waals surface area contributed by atoms with E-state index in [-0.39, 0.29) is 18.0 Å². The van der Waals surface area contributed by atoms with Crippen LogP contribution in [-0.2, 0) is 11.3 Å². The van der Waals surface area contributed by atoms with Crippen LogP contribution in [0.2, 0.25) is 0 Å². The number of benzene rings is 1. The summed E-state index contributed by atoms with van der Waals surface area (Å²) in [5.74, 6) is -0.302. The topological polar surface area (TPSA) is 90.0 Å². The molecule has 6 heteroatoms. The van der Waals surface area contributed by atoms with E-state index >= 15 is 0 Å². The highest BCUT2D eigenvalue weighted by Crippen LogP contribution is 2.20. The van der Waals surface area contributed by atoms with Gasteiger partial charge in [0.15, 0.2) is 0 Å². The summed E-state index contributed by atoms with van der Waals surface area (Å²) in [4.78, 5) is 27.1. The number of amides is 1. The Morgan fingerprint density at radius 2 is 2.21 bits per heavy atom. The first kappa shape index (κ1) is 12.8. The smallest absolute Gasteiger partial charge is 0.253 e. The van der Waals surface area contributed by atoms with Crippen LogP contribution < -0.4 is 16.6 Å². The molecule has 6 nitrogen and oxygen atoms in total. The summed E-state index contributed by atoms with van der Waals surface area (Å²) in [7, 11) is 0. The highest BCUT2D eigenvalue weighted by Gasteiger charge is 2.07. The van der Waals surface area contributed by atoms with E-state index in [2.05, 4.69) is 10.3 Å². The molecule has 19 heavy (non-hydrogen) atoms. The Labute approximate surface area is 109 Å². The van der Waals surface area contributed by atoms with Crippen LogP contribution in [0.4, 0.5) is 11.4 Å². The van der Waals surface area contributed by atoms with Gasteiger partial charge in [-0.3, -0.25) is 14.2 Å². The van der Waals surface area contributed by atoms with Crippen molar-refractivity contribution < 1.29 is 4.79 Å². The minimum Gasteiger partial charge on any atom is -0.398 e. The number of anilines is 2. The number of hydrogen-bond acceptors (Lipinski definition) is 4. The van der Waals surface area contributed by atoms with Crippen LogP contribution in [0, 0.1) is 6.92 Å². The maximum atomic E-state index is 11.9. The van der Waals surface area contributed by atoms with E-state index in [4.69, 9.17) is 5.73 Å². The Kier molecular flexibility index (Phi) is 3.61. The first-order chi connectivity index (χ1) is 9.08. The summed E-state index contributed by atoms with van der Waals surface area (Å²) in [6, 6.07) is 6.58. The Morgan fingerprint density at radius 3 is 2.95 bits per heavy atom. The fourth-order valence-corrected chi connectivity index (χ4v) is 1.63. The first-order valence-corrected chi connectivity index (χ1v) is 5.73. The summed E-state index contributed by atoms with van der Waals surface area (Å²) in [6.45, 7) is 1.74. The van der Waals surface area contributed by atoms with Crippen molar-refractivity contribution in [3.8, 4) is 0 Å². The quantitative estimate of drug-likeness (QED) is 0.796. The van der Waals surface area contributed by atoms with Crippen molar-refractivity contribution in [3.05, 3.63) is 52.7 Å². The van der Waals surface area contributed by atoms with Gasteiger partial charge in [0, 0.05) is 23.6 Å². The van der Waals surface area contributed by atoms with Gasteiger partial charge in [-0.05, 0) is 24.6 Å². The zero-order valence-corrected chi connectivity index (χ0v) is 10.5. The predicted molar refractivity (Wildman–Crippen MR) is 72.7 cm³/mol. The molecular formula is C13H14N4O2. The number of rotatable bonds is 3. The van der Waals surface area contributed by atoms with Gasteiger partial charge in [-0.15, -0.1) is 0 Å². The number of nitrogens with one attached hydrogen (secondary N) is 1. The molecule has 0 unspecified atom stereocenters.